The van der Waals surface area contributed by atoms with Gasteiger partial charge in [-0.3, -0.25) is 4.57 Å². The normalized spacial score (nSPS) is 15.5. The summed E-state index contributed by atoms with van der Waals surface area (Å²) in [5.74, 6) is 1.11. The van der Waals surface area contributed by atoms with Crippen LogP contribution in [0.3, 0.4) is 0 Å². The summed E-state index contributed by atoms with van der Waals surface area (Å²) in [7, 11) is 3.80. The van der Waals surface area contributed by atoms with Gasteiger partial charge in [-0.25, -0.2) is 4.98 Å². The summed E-state index contributed by atoms with van der Waals surface area (Å²) in [4.78, 5) is 17.2. The van der Waals surface area contributed by atoms with Crippen LogP contribution in [0.5, 0.6) is 5.75 Å². The highest BCUT2D eigenvalue weighted by molar-refractivity contribution is 5.84. The predicted molar refractivity (Wildman–Crippen MR) is 102 cm³/mol. The lowest BCUT2D eigenvalue weighted by Gasteiger charge is -2.34. The van der Waals surface area contributed by atoms with Gasteiger partial charge in [0.25, 0.3) is 0 Å². The van der Waals surface area contributed by atoms with Crippen molar-refractivity contribution >= 4 is 28.6 Å². The number of nitrogens with zero attached hydrogens (tertiary/aromatic N) is 6. The van der Waals surface area contributed by atoms with Gasteiger partial charge in [-0.1, -0.05) is 0 Å². The minimum absolute atomic E-state index is 0.116. The maximum absolute atomic E-state index is 5.90. The Bertz CT molecular complexity index is 945. The van der Waals surface area contributed by atoms with Gasteiger partial charge in [0.2, 0.25) is 5.95 Å². The zero-order chi connectivity index (χ0) is 18.3. The standard InChI is InChI=1S/C17H22N8O/c1-23-5-7-24(8-6-23)11-3-4-12(13(9-11)26-2)25-10-20-14-15(18)21-17(19)22-16(14)25/h3-4,9-10H,5-8H2,1-2H3,(H4,18,19,21,22). The van der Waals surface area contributed by atoms with E-state index in [4.69, 9.17) is 16.2 Å². The number of imidazole rings is 1. The van der Waals surface area contributed by atoms with Crippen LogP contribution < -0.4 is 21.1 Å². The Balaban J connectivity index is 1.76. The molecule has 9 nitrogen and oxygen atoms in total. The lowest BCUT2D eigenvalue weighted by molar-refractivity contribution is 0.312. The first kappa shape index (κ1) is 16.4. The molecule has 0 unspecified atom stereocenters. The molecule has 0 amide bonds. The summed E-state index contributed by atoms with van der Waals surface area (Å²) in [5.41, 5.74) is 14.7. The summed E-state index contributed by atoms with van der Waals surface area (Å²) in [6.07, 6.45) is 1.66. The van der Waals surface area contributed by atoms with E-state index in [0.717, 1.165) is 43.3 Å². The Morgan fingerprint density at radius 1 is 1.08 bits per heavy atom. The van der Waals surface area contributed by atoms with Crippen molar-refractivity contribution < 1.29 is 4.74 Å². The molecule has 3 aromatic rings. The minimum atomic E-state index is 0.116. The molecule has 0 bridgehead atoms. The summed E-state index contributed by atoms with van der Waals surface area (Å²) in [6, 6.07) is 6.13. The first-order valence-corrected chi connectivity index (χ1v) is 8.45. The lowest BCUT2D eigenvalue weighted by atomic mass is 10.2. The Labute approximate surface area is 151 Å². The van der Waals surface area contributed by atoms with Crippen LogP contribution in [0.25, 0.3) is 16.9 Å². The van der Waals surface area contributed by atoms with Crippen molar-refractivity contribution in [3.05, 3.63) is 24.5 Å². The number of rotatable bonds is 3. The van der Waals surface area contributed by atoms with E-state index in [2.05, 4.69) is 37.9 Å². The number of nitrogen functional groups attached to an aromatic ring is 2. The third-order valence-electron chi connectivity index (χ3n) is 4.73. The molecule has 0 aliphatic carbocycles. The monoisotopic (exact) mass is 354 g/mol. The average Bonchev–Trinajstić information content (AvgIpc) is 3.05. The molecule has 0 spiro atoms. The number of anilines is 3. The number of likely N-dealkylation sites (N-methyl/N-ethyl adjacent to an activating group) is 1. The largest absolute Gasteiger partial charge is 0.494 e. The maximum Gasteiger partial charge on any atom is 0.224 e. The molecule has 4 rings (SSSR count). The molecule has 1 aliphatic rings. The van der Waals surface area contributed by atoms with Crippen LogP contribution >= 0.6 is 0 Å². The van der Waals surface area contributed by atoms with Crippen molar-refractivity contribution in [3.8, 4) is 11.4 Å². The SMILES string of the molecule is COc1cc(N2CCN(C)CC2)ccc1-n1cnc2c(N)nc(N)nc21. The van der Waals surface area contributed by atoms with E-state index < -0.39 is 0 Å². The van der Waals surface area contributed by atoms with Gasteiger partial charge in [0.15, 0.2) is 17.0 Å². The molecule has 26 heavy (non-hydrogen) atoms. The number of benzene rings is 1. The topological polar surface area (TPSA) is 111 Å². The predicted octanol–water partition coefficient (Wildman–Crippen LogP) is 0.740. The number of fused-ring (bicyclic) bond motifs is 1. The van der Waals surface area contributed by atoms with E-state index in [1.807, 2.05) is 16.7 Å². The first-order chi connectivity index (χ1) is 12.6. The number of piperazine rings is 1. The highest BCUT2D eigenvalue weighted by Crippen LogP contribution is 2.31. The highest BCUT2D eigenvalue weighted by atomic mass is 16.5. The van der Waals surface area contributed by atoms with E-state index in [1.54, 1.807) is 13.4 Å². The highest BCUT2D eigenvalue weighted by Gasteiger charge is 2.18. The van der Waals surface area contributed by atoms with Gasteiger partial charge < -0.3 is 26.0 Å². The number of hydrogen-bond donors (Lipinski definition) is 2. The van der Waals surface area contributed by atoms with Crippen LogP contribution in [0.15, 0.2) is 24.5 Å². The molecule has 9 heteroatoms. The third-order valence-corrected chi connectivity index (χ3v) is 4.73. The molecule has 1 saturated heterocycles. The molecule has 3 heterocycles. The molecule has 1 aromatic carbocycles. The van der Waals surface area contributed by atoms with Crippen molar-refractivity contribution in [3.63, 3.8) is 0 Å². The van der Waals surface area contributed by atoms with Gasteiger partial charge in [-0.2, -0.15) is 9.97 Å². The summed E-state index contributed by atoms with van der Waals surface area (Å²) >= 11 is 0. The average molecular weight is 354 g/mol. The molecule has 2 aromatic heterocycles. The molecule has 136 valence electrons. The molecule has 1 fully saturated rings. The van der Waals surface area contributed by atoms with Crippen LogP contribution in [-0.4, -0.2) is 64.8 Å². The molecule has 4 N–H and O–H groups in total. The fraction of sp³-hybridized carbons (Fsp3) is 0.353. The van der Waals surface area contributed by atoms with Crippen molar-refractivity contribution in [2.45, 2.75) is 0 Å². The van der Waals surface area contributed by atoms with Gasteiger partial charge in [0, 0.05) is 37.9 Å². The first-order valence-electron chi connectivity index (χ1n) is 8.45. The van der Waals surface area contributed by atoms with Gasteiger partial charge in [-0.05, 0) is 19.2 Å². The number of ether oxygens (including phenoxy) is 1. The number of methoxy groups -OCH3 is 1. The van der Waals surface area contributed by atoms with Gasteiger partial charge in [0.1, 0.15) is 12.1 Å². The number of aromatic nitrogens is 4. The van der Waals surface area contributed by atoms with Crippen LogP contribution in [0.2, 0.25) is 0 Å². The Morgan fingerprint density at radius 2 is 1.85 bits per heavy atom. The van der Waals surface area contributed by atoms with Gasteiger partial charge in [0.05, 0.1) is 12.8 Å². The molecule has 0 radical (unpaired) electrons. The molecule has 0 atom stereocenters. The zero-order valence-electron chi connectivity index (χ0n) is 14.9. The van der Waals surface area contributed by atoms with Crippen molar-refractivity contribution in [1.29, 1.82) is 0 Å². The van der Waals surface area contributed by atoms with Crippen molar-refractivity contribution in [2.24, 2.45) is 0 Å². The Kier molecular flexibility index (Phi) is 4.00. The second-order valence-corrected chi connectivity index (χ2v) is 6.40. The zero-order valence-corrected chi connectivity index (χ0v) is 14.9. The Hall–Kier alpha value is -3.07. The number of hydrogen-bond acceptors (Lipinski definition) is 8. The summed E-state index contributed by atoms with van der Waals surface area (Å²) < 4.78 is 7.46. The van der Waals surface area contributed by atoms with E-state index in [-0.39, 0.29) is 11.8 Å². The Morgan fingerprint density at radius 3 is 2.58 bits per heavy atom. The minimum Gasteiger partial charge on any atom is -0.494 e. The van der Waals surface area contributed by atoms with E-state index in [9.17, 15) is 0 Å². The van der Waals surface area contributed by atoms with E-state index in [1.165, 1.54) is 0 Å². The van der Waals surface area contributed by atoms with Gasteiger partial charge >= 0.3 is 0 Å². The molecule has 1 aliphatic heterocycles. The smallest absolute Gasteiger partial charge is 0.224 e. The van der Waals surface area contributed by atoms with Crippen molar-refractivity contribution in [1.82, 2.24) is 24.4 Å². The van der Waals surface area contributed by atoms with Crippen LogP contribution in [0, 0.1) is 0 Å². The second kappa shape index (κ2) is 6.34. The van der Waals surface area contributed by atoms with E-state index >= 15 is 0 Å². The summed E-state index contributed by atoms with van der Waals surface area (Å²) in [6.45, 7) is 4.08. The van der Waals surface area contributed by atoms with Crippen LogP contribution in [0.4, 0.5) is 17.5 Å². The summed E-state index contributed by atoms with van der Waals surface area (Å²) in [5, 5.41) is 0. The molecule has 0 saturated carbocycles. The van der Waals surface area contributed by atoms with E-state index in [0.29, 0.717) is 11.2 Å². The fourth-order valence-electron chi connectivity index (χ4n) is 3.24. The second-order valence-electron chi connectivity index (χ2n) is 6.40. The fourth-order valence-corrected chi connectivity index (χ4v) is 3.24. The van der Waals surface area contributed by atoms with Crippen LogP contribution in [-0.2, 0) is 0 Å². The third kappa shape index (κ3) is 2.76. The molecular weight excluding hydrogens is 332 g/mol. The maximum atomic E-state index is 5.90. The van der Waals surface area contributed by atoms with Crippen LogP contribution in [0.1, 0.15) is 0 Å². The molecular formula is C17H22N8O. The van der Waals surface area contributed by atoms with Crippen molar-refractivity contribution in [2.75, 3.05) is 56.7 Å². The number of nitrogens with two attached hydrogens (primary N) is 2. The van der Waals surface area contributed by atoms with Gasteiger partial charge in [-0.15, -0.1) is 0 Å². The quantitative estimate of drug-likeness (QED) is 0.708. The lowest BCUT2D eigenvalue weighted by Crippen LogP contribution is -2.44.